The third kappa shape index (κ3) is 3.96. The van der Waals surface area contributed by atoms with Crippen LogP contribution in [0.5, 0.6) is 0 Å². The zero-order valence-corrected chi connectivity index (χ0v) is 17.5. The van der Waals surface area contributed by atoms with Crippen molar-refractivity contribution in [1.82, 2.24) is 34.4 Å². The highest BCUT2D eigenvalue weighted by Gasteiger charge is 2.23. The molecule has 1 amide bonds. The van der Waals surface area contributed by atoms with E-state index in [4.69, 9.17) is 0 Å². The lowest BCUT2D eigenvalue weighted by atomic mass is 10.1. The van der Waals surface area contributed by atoms with Crippen molar-refractivity contribution in [3.05, 3.63) is 94.7 Å². The Kier molecular flexibility index (Phi) is 5.37. The van der Waals surface area contributed by atoms with Crippen molar-refractivity contribution < 1.29 is 4.79 Å². The summed E-state index contributed by atoms with van der Waals surface area (Å²) in [5, 5.41) is 11.9. The number of rotatable bonds is 5. The zero-order chi connectivity index (χ0) is 21.9. The van der Waals surface area contributed by atoms with Gasteiger partial charge >= 0.3 is 5.69 Å². The largest absolute Gasteiger partial charge is 0.349 e. The number of hydrogen-bond acceptors (Lipinski definition) is 5. The van der Waals surface area contributed by atoms with Crippen LogP contribution in [0.2, 0.25) is 0 Å². The second kappa shape index (κ2) is 8.62. The van der Waals surface area contributed by atoms with Crippen LogP contribution >= 0.6 is 0 Å². The van der Waals surface area contributed by atoms with Crippen LogP contribution in [0, 0.1) is 0 Å². The first-order valence-electron chi connectivity index (χ1n) is 10.6. The Labute approximate surface area is 184 Å². The molecular weight excluding hydrogens is 406 g/mol. The van der Waals surface area contributed by atoms with E-state index in [2.05, 4.69) is 20.5 Å². The number of hydrogen-bond donors (Lipinski definition) is 1. The first kappa shape index (κ1) is 19.9. The minimum absolute atomic E-state index is 0.0407. The highest BCUT2D eigenvalue weighted by Crippen LogP contribution is 2.16. The number of fused-ring (bicyclic) bond motifs is 1. The number of aryl methyl sites for hydroxylation is 1. The molecule has 1 aliphatic heterocycles. The fraction of sp³-hybridized carbons (Fsp3) is 0.261. The highest BCUT2D eigenvalue weighted by molar-refractivity contribution is 5.97. The molecule has 9 heteroatoms. The van der Waals surface area contributed by atoms with Gasteiger partial charge in [-0.2, -0.15) is 10.2 Å². The van der Waals surface area contributed by atoms with Crippen molar-refractivity contribution in [3.63, 3.8) is 0 Å². The summed E-state index contributed by atoms with van der Waals surface area (Å²) >= 11 is 0. The molecule has 32 heavy (non-hydrogen) atoms. The summed E-state index contributed by atoms with van der Waals surface area (Å²) in [6.07, 6.45) is 8.96. The van der Waals surface area contributed by atoms with Crippen LogP contribution in [0.3, 0.4) is 0 Å². The lowest BCUT2D eigenvalue weighted by Gasteiger charge is -2.17. The second-order valence-electron chi connectivity index (χ2n) is 7.83. The average molecular weight is 429 g/mol. The Hall–Kier alpha value is -4.01. The fourth-order valence-electron chi connectivity index (χ4n) is 4.08. The molecule has 162 valence electrons. The molecule has 1 aromatic carbocycles. The van der Waals surface area contributed by atoms with Gasteiger partial charge < -0.3 is 5.32 Å². The van der Waals surface area contributed by atoms with Gasteiger partial charge in [-0.1, -0.05) is 18.2 Å². The van der Waals surface area contributed by atoms with E-state index < -0.39 is 0 Å². The van der Waals surface area contributed by atoms with Crippen LogP contribution in [0.1, 0.15) is 34.6 Å². The summed E-state index contributed by atoms with van der Waals surface area (Å²) in [6.45, 7) is 0.921. The minimum atomic E-state index is -0.144. The van der Waals surface area contributed by atoms with Crippen molar-refractivity contribution in [2.24, 2.45) is 0 Å². The van der Waals surface area contributed by atoms with Gasteiger partial charge in [0.2, 0.25) is 0 Å². The summed E-state index contributed by atoms with van der Waals surface area (Å²) in [7, 11) is 0. The third-order valence-corrected chi connectivity index (χ3v) is 5.71. The quantitative estimate of drug-likeness (QED) is 0.522. The van der Waals surface area contributed by atoms with Crippen molar-refractivity contribution in [1.29, 1.82) is 0 Å². The maximum Gasteiger partial charge on any atom is 0.346 e. The molecule has 0 fully saturated rings. The highest BCUT2D eigenvalue weighted by atomic mass is 16.2. The van der Waals surface area contributed by atoms with E-state index in [-0.39, 0.29) is 17.6 Å². The van der Waals surface area contributed by atoms with Gasteiger partial charge in [0.15, 0.2) is 0 Å². The van der Waals surface area contributed by atoms with Crippen molar-refractivity contribution >= 4 is 5.91 Å². The van der Waals surface area contributed by atoms with E-state index in [1.165, 1.54) is 4.68 Å². The molecule has 3 aromatic heterocycles. The van der Waals surface area contributed by atoms with Gasteiger partial charge in [-0.05, 0) is 42.7 Å². The third-order valence-electron chi connectivity index (χ3n) is 5.71. The zero-order valence-electron chi connectivity index (χ0n) is 17.5. The molecule has 1 atom stereocenters. The van der Waals surface area contributed by atoms with Crippen LogP contribution in [0.15, 0.2) is 72.0 Å². The number of aromatic nitrogens is 6. The average Bonchev–Trinajstić information content (AvgIpc) is 3.40. The number of carbonyl (C=O) groups excluding carboxylic acids is 1. The topological polar surface area (TPSA) is 99.6 Å². The first-order chi connectivity index (χ1) is 15.7. The lowest BCUT2D eigenvalue weighted by Crippen LogP contribution is -2.36. The summed E-state index contributed by atoms with van der Waals surface area (Å²) < 4.78 is 4.90. The number of nitrogens with one attached hydrogen (secondary N) is 1. The van der Waals surface area contributed by atoms with Crippen LogP contribution in [0.25, 0.3) is 5.69 Å². The molecule has 4 aromatic rings. The maximum atomic E-state index is 13.0. The van der Waals surface area contributed by atoms with E-state index in [9.17, 15) is 9.59 Å². The molecule has 0 aliphatic carbocycles. The van der Waals surface area contributed by atoms with E-state index in [1.54, 1.807) is 33.9 Å². The van der Waals surface area contributed by atoms with E-state index in [1.807, 2.05) is 42.6 Å². The monoisotopic (exact) mass is 429 g/mol. The predicted molar refractivity (Wildman–Crippen MR) is 118 cm³/mol. The first-order valence-corrected chi connectivity index (χ1v) is 10.6. The second-order valence-corrected chi connectivity index (χ2v) is 7.83. The molecule has 5 rings (SSSR count). The minimum Gasteiger partial charge on any atom is -0.349 e. The number of carbonyl (C=O) groups is 1. The smallest absolute Gasteiger partial charge is 0.346 e. The normalized spacial score (nSPS) is 15.7. The molecule has 0 saturated heterocycles. The molecule has 0 spiro atoms. The van der Waals surface area contributed by atoms with Gasteiger partial charge in [-0.3, -0.25) is 14.3 Å². The van der Waals surface area contributed by atoms with Crippen LogP contribution in [-0.4, -0.2) is 41.1 Å². The molecule has 4 heterocycles. The number of benzene rings is 1. The van der Waals surface area contributed by atoms with Gasteiger partial charge in [0.25, 0.3) is 5.91 Å². The Morgan fingerprint density at radius 2 is 2.00 bits per heavy atom. The lowest BCUT2D eigenvalue weighted by molar-refractivity contribution is 0.0932. The summed E-state index contributed by atoms with van der Waals surface area (Å²) in [5.74, 6) is 0.613. The summed E-state index contributed by atoms with van der Waals surface area (Å²) in [5.41, 5.74) is 2.11. The number of nitrogens with zero attached hydrogens (tertiary/aromatic N) is 6. The van der Waals surface area contributed by atoms with Crippen molar-refractivity contribution in [3.8, 4) is 5.69 Å². The molecule has 1 aliphatic rings. The Bertz CT molecular complexity index is 1280. The molecule has 0 saturated carbocycles. The van der Waals surface area contributed by atoms with Crippen LogP contribution in [-0.2, 0) is 19.5 Å². The van der Waals surface area contributed by atoms with Crippen LogP contribution in [0.4, 0.5) is 0 Å². The standard InChI is InChI=1S/C23H23N7O2/c31-22(19-6-1-2-7-20(19)29-13-4-12-25-29)26-18-8-9-21-27-30(23(32)28(21)14-10-18)16-17-5-3-11-24-15-17/h1-7,11-13,15,18H,8-10,14,16H2,(H,26,31). The number of amides is 1. The van der Waals surface area contributed by atoms with E-state index in [0.29, 0.717) is 31.5 Å². The van der Waals surface area contributed by atoms with Gasteiger partial charge in [-0.25, -0.2) is 14.2 Å². The number of para-hydroxylation sites is 1. The maximum absolute atomic E-state index is 13.0. The van der Waals surface area contributed by atoms with Crippen molar-refractivity contribution in [2.75, 3.05) is 0 Å². The van der Waals surface area contributed by atoms with E-state index in [0.717, 1.165) is 23.5 Å². The molecule has 1 unspecified atom stereocenters. The Morgan fingerprint density at radius 1 is 1.09 bits per heavy atom. The summed E-state index contributed by atoms with van der Waals surface area (Å²) in [6, 6.07) is 12.9. The van der Waals surface area contributed by atoms with Gasteiger partial charge in [0, 0.05) is 43.8 Å². The Balaban J connectivity index is 1.28. The number of pyridine rings is 1. The fourth-order valence-corrected chi connectivity index (χ4v) is 4.08. The molecule has 9 nitrogen and oxygen atoms in total. The Morgan fingerprint density at radius 3 is 2.81 bits per heavy atom. The summed E-state index contributed by atoms with van der Waals surface area (Å²) in [4.78, 5) is 30.0. The SMILES string of the molecule is O=C(NC1CCc2nn(Cc3cccnc3)c(=O)n2CC1)c1ccccc1-n1cccn1. The van der Waals surface area contributed by atoms with E-state index >= 15 is 0 Å². The molecule has 1 N–H and O–H groups in total. The van der Waals surface area contributed by atoms with Crippen LogP contribution < -0.4 is 11.0 Å². The molecular formula is C23H23N7O2. The van der Waals surface area contributed by atoms with Gasteiger partial charge in [0.05, 0.1) is 17.8 Å². The van der Waals surface area contributed by atoms with Crippen molar-refractivity contribution in [2.45, 2.75) is 38.4 Å². The molecule has 0 bridgehead atoms. The van der Waals surface area contributed by atoms with Gasteiger partial charge in [-0.15, -0.1) is 0 Å². The molecule has 0 radical (unpaired) electrons. The van der Waals surface area contributed by atoms with Gasteiger partial charge in [0.1, 0.15) is 5.82 Å². The predicted octanol–water partition coefficient (Wildman–Crippen LogP) is 1.81.